The molecular weight excluding hydrogens is 352 g/mol. The van der Waals surface area contributed by atoms with E-state index in [0.717, 1.165) is 15.2 Å². The fourth-order valence-electron chi connectivity index (χ4n) is 2.59. The number of nitrogens with zero attached hydrogens (tertiary/aromatic N) is 2. The van der Waals surface area contributed by atoms with Crippen molar-refractivity contribution in [1.82, 2.24) is 9.88 Å². The number of aryl methyl sites for hydroxylation is 1. The molecule has 3 heterocycles. The largest absolute Gasteiger partial charge is 0.448 e. The normalized spacial score (nSPS) is 11.1. The maximum atomic E-state index is 12.6. The zero-order chi connectivity index (χ0) is 17.4. The lowest BCUT2D eigenvalue weighted by molar-refractivity contribution is 0.0755. The Morgan fingerprint density at radius 1 is 1.20 bits per heavy atom. The fourth-order valence-corrected chi connectivity index (χ4v) is 4.47. The second kappa shape index (κ2) is 6.46. The van der Waals surface area contributed by atoms with E-state index in [1.54, 1.807) is 40.7 Å². The molecule has 0 fully saturated rings. The average molecular weight is 368 g/mol. The van der Waals surface area contributed by atoms with Crippen molar-refractivity contribution in [2.24, 2.45) is 0 Å². The van der Waals surface area contributed by atoms with E-state index >= 15 is 0 Å². The van der Waals surface area contributed by atoms with Crippen LogP contribution in [0.5, 0.6) is 0 Å². The Labute approximate surface area is 153 Å². The molecule has 126 valence electrons. The van der Waals surface area contributed by atoms with Gasteiger partial charge in [-0.25, -0.2) is 4.98 Å². The zero-order valence-electron chi connectivity index (χ0n) is 13.9. The Balaban J connectivity index is 1.55. The second-order valence-electron chi connectivity index (χ2n) is 5.84. The molecule has 4 aromatic rings. The third kappa shape index (κ3) is 3.10. The van der Waals surface area contributed by atoms with Crippen molar-refractivity contribution in [3.05, 3.63) is 64.0 Å². The molecule has 0 bridgehead atoms. The number of amides is 1. The lowest BCUT2D eigenvalue weighted by Gasteiger charge is -2.15. The van der Waals surface area contributed by atoms with Crippen LogP contribution in [0.4, 0.5) is 0 Å². The van der Waals surface area contributed by atoms with Gasteiger partial charge < -0.3 is 9.32 Å². The number of benzene rings is 1. The highest BCUT2D eigenvalue weighted by Gasteiger charge is 2.19. The number of hydrogen-bond donors (Lipinski definition) is 0. The number of para-hydroxylation sites is 1. The summed E-state index contributed by atoms with van der Waals surface area (Å²) in [4.78, 5) is 20.1. The minimum atomic E-state index is -0.125. The molecule has 0 unspecified atom stereocenters. The Hall–Kier alpha value is -2.44. The number of aromatic nitrogens is 1. The van der Waals surface area contributed by atoms with E-state index in [-0.39, 0.29) is 5.91 Å². The molecule has 6 heteroatoms. The molecular formula is C19H16N2O2S2. The number of carbonyl (C=O) groups is 1. The number of fused-ring (bicyclic) bond motifs is 1. The summed E-state index contributed by atoms with van der Waals surface area (Å²) in [6.07, 6.45) is 0. The highest BCUT2D eigenvalue weighted by atomic mass is 32.1. The molecule has 4 nitrogen and oxygen atoms in total. The summed E-state index contributed by atoms with van der Waals surface area (Å²) in [5.74, 6) is 0.844. The average Bonchev–Trinajstić information content (AvgIpc) is 3.33. The van der Waals surface area contributed by atoms with Gasteiger partial charge in [0.15, 0.2) is 16.5 Å². The van der Waals surface area contributed by atoms with Crippen LogP contribution in [0.2, 0.25) is 0 Å². The van der Waals surface area contributed by atoms with Crippen LogP contribution < -0.4 is 0 Å². The van der Waals surface area contributed by atoms with Gasteiger partial charge in [-0.2, -0.15) is 0 Å². The van der Waals surface area contributed by atoms with Gasteiger partial charge in [0.2, 0.25) is 0 Å². The van der Waals surface area contributed by atoms with Crippen LogP contribution in [0.3, 0.4) is 0 Å². The highest BCUT2D eigenvalue weighted by Crippen LogP contribution is 2.31. The summed E-state index contributed by atoms with van der Waals surface area (Å²) < 4.78 is 6.90. The molecule has 0 aliphatic rings. The van der Waals surface area contributed by atoms with Crippen LogP contribution >= 0.6 is 22.7 Å². The number of thiazole rings is 1. The molecule has 0 spiro atoms. The SMILES string of the molecule is Cc1ccsc1CN(C)C(=O)c1ccc(-c2nc3ccccc3s2)o1. The van der Waals surface area contributed by atoms with E-state index < -0.39 is 0 Å². The molecule has 0 saturated heterocycles. The summed E-state index contributed by atoms with van der Waals surface area (Å²) in [7, 11) is 1.79. The molecule has 0 atom stereocenters. The van der Waals surface area contributed by atoms with Crippen LogP contribution in [0.15, 0.2) is 52.3 Å². The van der Waals surface area contributed by atoms with Gasteiger partial charge in [-0.15, -0.1) is 22.7 Å². The van der Waals surface area contributed by atoms with Crippen molar-refractivity contribution in [2.75, 3.05) is 7.05 Å². The lowest BCUT2D eigenvalue weighted by atomic mass is 10.3. The molecule has 0 N–H and O–H groups in total. The first-order valence-corrected chi connectivity index (χ1v) is 9.55. The van der Waals surface area contributed by atoms with E-state index in [4.69, 9.17) is 4.42 Å². The van der Waals surface area contributed by atoms with E-state index in [1.807, 2.05) is 35.7 Å². The van der Waals surface area contributed by atoms with Gasteiger partial charge in [-0.1, -0.05) is 12.1 Å². The van der Waals surface area contributed by atoms with E-state index in [0.29, 0.717) is 18.1 Å². The van der Waals surface area contributed by atoms with Crippen LogP contribution in [0, 0.1) is 6.92 Å². The van der Waals surface area contributed by atoms with Crippen LogP contribution in [-0.2, 0) is 6.54 Å². The summed E-state index contributed by atoms with van der Waals surface area (Å²) in [5.41, 5.74) is 2.15. The molecule has 0 aliphatic carbocycles. The van der Waals surface area contributed by atoms with E-state index in [1.165, 1.54) is 10.4 Å². The predicted molar refractivity (Wildman–Crippen MR) is 102 cm³/mol. The van der Waals surface area contributed by atoms with Crippen LogP contribution in [-0.4, -0.2) is 22.8 Å². The van der Waals surface area contributed by atoms with Gasteiger partial charge in [0, 0.05) is 11.9 Å². The van der Waals surface area contributed by atoms with Crippen molar-refractivity contribution in [3.8, 4) is 10.8 Å². The molecule has 0 saturated carbocycles. The van der Waals surface area contributed by atoms with Gasteiger partial charge in [0.05, 0.1) is 16.8 Å². The number of hydrogen-bond acceptors (Lipinski definition) is 5. The van der Waals surface area contributed by atoms with E-state index in [9.17, 15) is 4.79 Å². The highest BCUT2D eigenvalue weighted by molar-refractivity contribution is 7.21. The van der Waals surface area contributed by atoms with Crippen molar-refractivity contribution in [1.29, 1.82) is 0 Å². The minimum Gasteiger partial charge on any atom is -0.448 e. The van der Waals surface area contributed by atoms with Gasteiger partial charge in [-0.3, -0.25) is 4.79 Å². The van der Waals surface area contributed by atoms with E-state index in [2.05, 4.69) is 18.0 Å². The summed E-state index contributed by atoms with van der Waals surface area (Å²) >= 11 is 3.22. The first kappa shape index (κ1) is 16.1. The van der Waals surface area contributed by atoms with Crippen molar-refractivity contribution < 1.29 is 9.21 Å². The number of furan rings is 1. The predicted octanol–water partition coefficient (Wildman–Crippen LogP) is 5.20. The number of carbonyl (C=O) groups excluding carboxylic acids is 1. The van der Waals surface area contributed by atoms with Gasteiger partial charge in [0.25, 0.3) is 5.91 Å². The lowest BCUT2D eigenvalue weighted by Crippen LogP contribution is -2.25. The monoisotopic (exact) mass is 368 g/mol. The van der Waals surface area contributed by atoms with Crippen LogP contribution in [0.1, 0.15) is 21.0 Å². The summed E-state index contributed by atoms with van der Waals surface area (Å²) in [5, 5.41) is 2.83. The Morgan fingerprint density at radius 3 is 2.80 bits per heavy atom. The molecule has 1 aromatic carbocycles. The third-order valence-corrected chi connectivity index (χ3v) is 6.08. The standard InChI is InChI=1S/C19H16N2O2S2/c1-12-9-10-24-17(12)11-21(2)19(22)15-8-7-14(23-15)18-20-13-5-3-4-6-16(13)25-18/h3-10H,11H2,1-2H3. The molecule has 0 radical (unpaired) electrons. The molecule has 0 aliphatic heterocycles. The van der Waals surface area contributed by atoms with Gasteiger partial charge >= 0.3 is 0 Å². The summed E-state index contributed by atoms with van der Waals surface area (Å²) in [6, 6.07) is 13.6. The topological polar surface area (TPSA) is 46.3 Å². The molecule has 3 aromatic heterocycles. The Bertz CT molecular complexity index is 1010. The maximum absolute atomic E-state index is 12.6. The Morgan fingerprint density at radius 2 is 2.04 bits per heavy atom. The smallest absolute Gasteiger partial charge is 0.289 e. The van der Waals surface area contributed by atoms with Crippen LogP contribution in [0.25, 0.3) is 21.0 Å². The number of thiophene rings is 1. The van der Waals surface area contributed by atoms with Gasteiger partial charge in [0.1, 0.15) is 0 Å². The Kier molecular flexibility index (Phi) is 4.15. The quantitative estimate of drug-likeness (QED) is 0.497. The third-order valence-electron chi connectivity index (χ3n) is 4.02. The first-order valence-electron chi connectivity index (χ1n) is 7.86. The molecule has 1 amide bonds. The molecule has 25 heavy (non-hydrogen) atoms. The second-order valence-corrected chi connectivity index (χ2v) is 7.87. The van der Waals surface area contributed by atoms with Crippen molar-refractivity contribution in [2.45, 2.75) is 13.5 Å². The minimum absolute atomic E-state index is 0.125. The first-order chi connectivity index (χ1) is 12.1. The van der Waals surface area contributed by atoms with Crippen molar-refractivity contribution in [3.63, 3.8) is 0 Å². The zero-order valence-corrected chi connectivity index (χ0v) is 15.5. The number of rotatable bonds is 4. The van der Waals surface area contributed by atoms with Gasteiger partial charge in [-0.05, 0) is 48.2 Å². The summed E-state index contributed by atoms with van der Waals surface area (Å²) in [6.45, 7) is 2.64. The fraction of sp³-hybridized carbons (Fsp3) is 0.158. The molecule has 4 rings (SSSR count). The maximum Gasteiger partial charge on any atom is 0.289 e. The van der Waals surface area contributed by atoms with Crippen molar-refractivity contribution >= 4 is 38.8 Å².